The lowest BCUT2D eigenvalue weighted by Crippen LogP contribution is -2.25. The van der Waals surface area contributed by atoms with Crippen molar-refractivity contribution in [3.8, 4) is 0 Å². The van der Waals surface area contributed by atoms with E-state index in [1.807, 2.05) is 0 Å². The van der Waals surface area contributed by atoms with Crippen LogP contribution in [0.15, 0.2) is 12.3 Å². The highest BCUT2D eigenvalue weighted by Gasteiger charge is 2.36. The van der Waals surface area contributed by atoms with E-state index in [-0.39, 0.29) is 11.3 Å². The van der Waals surface area contributed by atoms with Crippen molar-refractivity contribution in [2.24, 2.45) is 0 Å². The van der Waals surface area contributed by atoms with E-state index in [2.05, 4.69) is 4.98 Å². The molecule has 0 aromatic carbocycles. The topological polar surface area (TPSA) is 62.8 Å². The van der Waals surface area contributed by atoms with Crippen molar-refractivity contribution in [3.63, 3.8) is 0 Å². The molecule has 72 valence electrons. The van der Waals surface area contributed by atoms with Gasteiger partial charge in [-0.25, -0.2) is 4.98 Å². The number of pyridine rings is 1. The first-order valence-corrected chi connectivity index (χ1v) is 3.49. The average molecular weight is 199 g/mol. The van der Waals surface area contributed by atoms with E-state index in [0.29, 0.717) is 0 Å². The second-order valence-corrected chi connectivity index (χ2v) is 2.57. The molecule has 1 aromatic rings. The van der Waals surface area contributed by atoms with E-state index in [4.69, 9.17) is 19.0 Å². The molecule has 3 N–H and O–H groups in total. The van der Waals surface area contributed by atoms with Gasteiger partial charge in [0.15, 0.2) is 0 Å². The van der Waals surface area contributed by atoms with Gasteiger partial charge in [-0.2, -0.15) is 13.2 Å². The fourth-order valence-corrected chi connectivity index (χ4v) is 0.844. The molecular formula is C7H5BF3N3. The summed E-state index contributed by atoms with van der Waals surface area (Å²) in [5, 5.41) is 6.82. The molecular weight excluding hydrogens is 194 g/mol. The van der Waals surface area contributed by atoms with Crippen LogP contribution in [0.5, 0.6) is 0 Å². The van der Waals surface area contributed by atoms with Crippen molar-refractivity contribution in [1.82, 2.24) is 4.98 Å². The Hall–Kier alpha value is -1.53. The molecule has 7 heteroatoms. The Morgan fingerprint density at radius 3 is 2.57 bits per heavy atom. The van der Waals surface area contributed by atoms with Crippen molar-refractivity contribution in [2.75, 3.05) is 5.73 Å². The number of anilines is 1. The third-order valence-corrected chi connectivity index (χ3v) is 1.49. The predicted octanol–water partition coefficient (Wildman–Crippen LogP) is 0.388. The maximum atomic E-state index is 12.1. The lowest BCUT2D eigenvalue weighted by Gasteiger charge is -2.10. The number of nitrogens with one attached hydrogen (secondary N) is 1. The normalized spacial score (nSPS) is 11.4. The number of nitrogen functional groups attached to an aromatic ring is 1. The summed E-state index contributed by atoms with van der Waals surface area (Å²) in [6, 6.07) is 0.970. The van der Waals surface area contributed by atoms with Crippen LogP contribution in [-0.2, 0) is 0 Å². The van der Waals surface area contributed by atoms with Gasteiger partial charge < -0.3 is 5.73 Å². The summed E-state index contributed by atoms with van der Waals surface area (Å²) in [6.07, 6.45) is -3.62. The summed E-state index contributed by atoms with van der Waals surface area (Å²) in [4.78, 5) is 3.43. The van der Waals surface area contributed by atoms with Gasteiger partial charge in [0.2, 0.25) is 0 Å². The number of nitrogens with two attached hydrogens (primary N) is 1. The third kappa shape index (κ3) is 2.04. The lowest BCUT2D eigenvalue weighted by atomic mass is 9.95. The number of hydrogen-bond donors (Lipinski definition) is 2. The molecule has 14 heavy (non-hydrogen) atoms. The number of nitrogens with zero attached hydrogens (tertiary/aromatic N) is 1. The quantitative estimate of drug-likeness (QED) is 0.507. The van der Waals surface area contributed by atoms with Crippen LogP contribution in [0.2, 0.25) is 0 Å². The molecule has 0 amide bonds. The number of aromatic nitrogens is 1. The molecule has 1 heterocycles. The smallest absolute Gasteiger partial charge is 0.383 e. The lowest BCUT2D eigenvalue weighted by molar-refractivity contribution is -0.0587. The minimum Gasteiger partial charge on any atom is -0.383 e. The Morgan fingerprint density at radius 2 is 2.07 bits per heavy atom. The zero-order chi connectivity index (χ0) is 10.9. The van der Waals surface area contributed by atoms with Gasteiger partial charge in [0, 0.05) is 11.8 Å². The maximum absolute atomic E-state index is 12.1. The summed E-state index contributed by atoms with van der Waals surface area (Å²) in [7, 11) is 5.23. The van der Waals surface area contributed by atoms with Crippen molar-refractivity contribution < 1.29 is 13.2 Å². The molecule has 0 aliphatic heterocycles. The molecule has 0 atom stereocenters. The first kappa shape index (κ1) is 10.6. The predicted molar refractivity (Wildman–Crippen MR) is 46.9 cm³/mol. The molecule has 0 bridgehead atoms. The Balaban J connectivity index is 3.19. The van der Waals surface area contributed by atoms with E-state index in [1.54, 1.807) is 0 Å². The van der Waals surface area contributed by atoms with Crippen molar-refractivity contribution in [2.45, 2.75) is 6.18 Å². The fourth-order valence-electron chi connectivity index (χ4n) is 0.844. The summed E-state index contributed by atoms with van der Waals surface area (Å²) >= 11 is 0. The van der Waals surface area contributed by atoms with Gasteiger partial charge in [0.25, 0.3) is 0 Å². The number of rotatable bonds is 1. The average Bonchev–Trinajstić information content (AvgIpc) is 2.06. The molecule has 2 radical (unpaired) electrons. The van der Waals surface area contributed by atoms with Gasteiger partial charge >= 0.3 is 6.18 Å². The molecule has 0 saturated carbocycles. The summed E-state index contributed by atoms with van der Waals surface area (Å²) < 4.78 is 36.3. The van der Waals surface area contributed by atoms with Crippen molar-refractivity contribution in [3.05, 3.63) is 17.8 Å². The number of hydrogen-bond acceptors (Lipinski definition) is 3. The third-order valence-electron chi connectivity index (χ3n) is 1.49. The number of alkyl halides is 3. The van der Waals surface area contributed by atoms with Gasteiger partial charge in [-0.15, -0.1) is 0 Å². The van der Waals surface area contributed by atoms with Crippen molar-refractivity contribution >= 4 is 24.8 Å². The second-order valence-electron chi connectivity index (χ2n) is 2.57. The SMILES string of the molecule is [B]c1cnc(N)c(C(=N)C(F)(F)F)c1. The Kier molecular flexibility index (Phi) is 2.50. The van der Waals surface area contributed by atoms with E-state index in [0.717, 1.165) is 12.3 Å². The van der Waals surface area contributed by atoms with Crippen LogP contribution in [0.3, 0.4) is 0 Å². The molecule has 0 spiro atoms. The molecule has 0 fully saturated rings. The van der Waals surface area contributed by atoms with E-state index in [9.17, 15) is 13.2 Å². The van der Waals surface area contributed by atoms with Crippen LogP contribution >= 0.6 is 0 Å². The molecule has 1 aromatic heterocycles. The largest absolute Gasteiger partial charge is 0.433 e. The van der Waals surface area contributed by atoms with Gasteiger partial charge in [-0.1, -0.05) is 11.5 Å². The minimum atomic E-state index is -4.75. The fraction of sp³-hybridized carbons (Fsp3) is 0.143. The Bertz CT molecular complexity index is 375. The van der Waals surface area contributed by atoms with Crippen LogP contribution in [-0.4, -0.2) is 24.7 Å². The van der Waals surface area contributed by atoms with Gasteiger partial charge in [0.1, 0.15) is 19.4 Å². The van der Waals surface area contributed by atoms with Crippen LogP contribution in [0, 0.1) is 5.41 Å². The Morgan fingerprint density at radius 1 is 1.50 bits per heavy atom. The Labute approximate surface area is 79.1 Å². The zero-order valence-corrected chi connectivity index (χ0v) is 6.89. The summed E-state index contributed by atoms with van der Waals surface area (Å²) in [5.74, 6) is -0.360. The van der Waals surface area contributed by atoms with Crippen LogP contribution in [0.4, 0.5) is 19.0 Å². The zero-order valence-electron chi connectivity index (χ0n) is 6.89. The standard InChI is InChI=1S/C7H5BF3N3/c8-3-1-4(6(13)14-2-3)5(12)7(9,10)11/h1-2,12H,(H2,13,14). The van der Waals surface area contributed by atoms with E-state index < -0.39 is 17.5 Å². The monoisotopic (exact) mass is 199 g/mol. The minimum absolute atomic E-state index is 0.0307. The summed E-state index contributed by atoms with van der Waals surface area (Å²) in [6.45, 7) is 0. The first-order chi connectivity index (χ1) is 6.32. The van der Waals surface area contributed by atoms with Crippen LogP contribution in [0.25, 0.3) is 0 Å². The first-order valence-electron chi connectivity index (χ1n) is 3.49. The van der Waals surface area contributed by atoms with E-state index >= 15 is 0 Å². The molecule has 0 aliphatic rings. The molecule has 3 nitrogen and oxygen atoms in total. The van der Waals surface area contributed by atoms with Crippen LogP contribution in [0.1, 0.15) is 5.56 Å². The molecule has 0 aliphatic carbocycles. The molecule has 0 saturated heterocycles. The van der Waals surface area contributed by atoms with Gasteiger partial charge in [-0.3, -0.25) is 5.41 Å². The van der Waals surface area contributed by atoms with Gasteiger partial charge in [-0.05, 0) is 0 Å². The highest BCUT2D eigenvalue weighted by Crippen LogP contribution is 2.22. The molecule has 0 unspecified atom stereocenters. The van der Waals surface area contributed by atoms with Gasteiger partial charge in [0.05, 0.1) is 0 Å². The maximum Gasteiger partial charge on any atom is 0.433 e. The highest BCUT2D eigenvalue weighted by molar-refractivity contribution is 6.32. The van der Waals surface area contributed by atoms with E-state index in [1.165, 1.54) is 0 Å². The second kappa shape index (κ2) is 3.32. The molecule has 1 rings (SSSR count). The highest BCUT2D eigenvalue weighted by atomic mass is 19.4. The summed E-state index contributed by atoms with van der Waals surface area (Å²) in [5.41, 5.74) is 3.16. The van der Waals surface area contributed by atoms with Crippen LogP contribution < -0.4 is 11.2 Å². The number of halogens is 3. The van der Waals surface area contributed by atoms with Crippen molar-refractivity contribution in [1.29, 1.82) is 5.41 Å².